The lowest BCUT2D eigenvalue weighted by atomic mass is 9.75. The van der Waals surface area contributed by atoms with Crippen LogP contribution in [0, 0.1) is 5.92 Å². The Hall–Kier alpha value is -3.16. The number of imide groups is 1. The van der Waals surface area contributed by atoms with Crippen molar-refractivity contribution in [2.45, 2.75) is 104 Å². The van der Waals surface area contributed by atoms with E-state index in [4.69, 9.17) is 0 Å². The third-order valence-corrected chi connectivity index (χ3v) is 12.2. The summed E-state index contributed by atoms with van der Waals surface area (Å²) in [5, 5.41) is 6.65. The Bertz CT molecular complexity index is 2150. The molecule has 1 unspecified atom stereocenters. The van der Waals surface area contributed by atoms with Crippen LogP contribution in [0.25, 0.3) is 43.1 Å². The molecule has 0 saturated heterocycles. The number of unbranched alkanes of at least 4 members (excludes halogenated alkanes) is 11. The SMILES string of the molecule is CCCCCCCCCC1C(=O)c2ccc3c4c(Br)cc5c6c(ccc(c7c(Br)cc(c2c37)C1=O)c64)C(=O)N(CCCCCCCC)C5=O. The van der Waals surface area contributed by atoms with E-state index in [1.165, 1.54) is 49.8 Å². The van der Waals surface area contributed by atoms with Crippen molar-refractivity contribution in [3.05, 3.63) is 67.6 Å². The Labute approximate surface area is 304 Å². The first-order valence-corrected chi connectivity index (χ1v) is 19.9. The van der Waals surface area contributed by atoms with Gasteiger partial charge in [0.25, 0.3) is 11.8 Å². The fourth-order valence-electron chi connectivity index (χ4n) is 8.45. The van der Waals surface area contributed by atoms with Crippen molar-refractivity contribution in [2.24, 2.45) is 5.92 Å². The van der Waals surface area contributed by atoms with Crippen LogP contribution in [0.5, 0.6) is 0 Å². The molecule has 1 atom stereocenters. The van der Waals surface area contributed by atoms with Crippen molar-refractivity contribution in [2.75, 3.05) is 6.54 Å². The Morgan fingerprint density at radius 3 is 1.59 bits per heavy atom. The van der Waals surface area contributed by atoms with E-state index in [0.717, 1.165) is 79.8 Å². The van der Waals surface area contributed by atoms with E-state index in [0.29, 0.717) is 46.0 Å². The van der Waals surface area contributed by atoms with Gasteiger partial charge in [-0.1, -0.05) is 141 Å². The largest absolute Gasteiger partial charge is 0.293 e. The van der Waals surface area contributed by atoms with Gasteiger partial charge in [-0.25, -0.2) is 0 Å². The summed E-state index contributed by atoms with van der Waals surface area (Å²) >= 11 is 7.67. The van der Waals surface area contributed by atoms with E-state index in [2.05, 4.69) is 45.7 Å². The summed E-state index contributed by atoms with van der Waals surface area (Å²) in [6.45, 7) is 4.81. The molecule has 5 nitrogen and oxygen atoms in total. The Balaban J connectivity index is 1.30. The van der Waals surface area contributed by atoms with E-state index in [9.17, 15) is 19.2 Å². The van der Waals surface area contributed by atoms with Crippen LogP contribution in [-0.4, -0.2) is 34.8 Å². The highest BCUT2D eigenvalue weighted by atomic mass is 79.9. The zero-order valence-electron chi connectivity index (χ0n) is 28.5. The molecule has 2 aliphatic rings. The summed E-state index contributed by atoms with van der Waals surface area (Å²) in [5.41, 5.74) is 2.26. The van der Waals surface area contributed by atoms with E-state index in [1.54, 1.807) is 0 Å². The summed E-state index contributed by atoms with van der Waals surface area (Å²) in [5.74, 6) is -1.33. The van der Waals surface area contributed by atoms with Crippen LogP contribution in [0.3, 0.4) is 0 Å². The Morgan fingerprint density at radius 2 is 0.980 bits per heavy atom. The molecule has 0 spiro atoms. The molecule has 5 aromatic rings. The van der Waals surface area contributed by atoms with Gasteiger partial charge in [0, 0.05) is 70.1 Å². The predicted octanol–water partition coefficient (Wildman–Crippen LogP) is 12.4. The molecular formula is C42H43Br2NO4. The Kier molecular flexibility index (Phi) is 9.96. The molecule has 5 aromatic carbocycles. The van der Waals surface area contributed by atoms with Crippen molar-refractivity contribution in [1.82, 2.24) is 4.90 Å². The number of halogens is 2. The fraction of sp³-hybridized carbons (Fsp3) is 0.429. The third kappa shape index (κ3) is 5.73. The van der Waals surface area contributed by atoms with Crippen LogP contribution in [0.15, 0.2) is 45.3 Å². The van der Waals surface area contributed by atoms with Crippen LogP contribution >= 0.6 is 31.9 Å². The molecule has 0 bridgehead atoms. The average Bonchev–Trinajstić information content (AvgIpc) is 3.09. The highest BCUT2D eigenvalue weighted by Gasteiger charge is 2.39. The first-order chi connectivity index (χ1) is 23.8. The smallest absolute Gasteiger partial charge is 0.261 e. The molecule has 2 amide bonds. The minimum Gasteiger partial charge on any atom is -0.293 e. The van der Waals surface area contributed by atoms with Gasteiger partial charge in [0.2, 0.25) is 0 Å². The molecule has 1 heterocycles. The first kappa shape index (κ1) is 34.3. The van der Waals surface area contributed by atoms with Crippen LogP contribution < -0.4 is 0 Å². The number of amides is 2. The molecule has 0 radical (unpaired) electrons. The lowest BCUT2D eigenvalue weighted by molar-refractivity contribution is 0.0606. The Morgan fingerprint density at radius 1 is 0.510 bits per heavy atom. The lowest BCUT2D eigenvalue weighted by Crippen LogP contribution is -2.41. The maximum atomic E-state index is 14.1. The van der Waals surface area contributed by atoms with Crippen LogP contribution in [0.1, 0.15) is 145 Å². The van der Waals surface area contributed by atoms with Crippen molar-refractivity contribution < 1.29 is 19.2 Å². The number of hydrogen-bond acceptors (Lipinski definition) is 4. The number of rotatable bonds is 15. The van der Waals surface area contributed by atoms with Crippen molar-refractivity contribution >= 4 is 98.3 Å². The number of fused-ring (bicyclic) bond motifs is 2. The number of nitrogens with zero attached hydrogens (tertiary/aromatic N) is 1. The van der Waals surface area contributed by atoms with Gasteiger partial charge in [-0.15, -0.1) is 0 Å². The second kappa shape index (κ2) is 14.2. The third-order valence-electron chi connectivity index (χ3n) is 11.0. The molecule has 1 aliphatic heterocycles. The highest BCUT2D eigenvalue weighted by molar-refractivity contribution is 9.11. The zero-order chi connectivity index (χ0) is 34.4. The molecule has 7 rings (SSSR count). The minimum atomic E-state index is -0.653. The van der Waals surface area contributed by atoms with E-state index < -0.39 is 5.92 Å². The molecular weight excluding hydrogens is 742 g/mol. The maximum absolute atomic E-state index is 14.1. The second-order valence-corrected chi connectivity index (χ2v) is 15.8. The molecule has 0 saturated carbocycles. The van der Waals surface area contributed by atoms with Gasteiger partial charge in [0.15, 0.2) is 11.6 Å². The van der Waals surface area contributed by atoms with Gasteiger partial charge >= 0.3 is 0 Å². The highest BCUT2D eigenvalue weighted by Crippen LogP contribution is 2.51. The number of Topliss-reactive ketones (excluding diaryl/α,β-unsaturated/α-hetero) is 2. The summed E-state index contributed by atoms with van der Waals surface area (Å²) < 4.78 is 1.52. The molecule has 0 N–H and O–H groups in total. The predicted molar refractivity (Wildman–Crippen MR) is 207 cm³/mol. The van der Waals surface area contributed by atoms with Gasteiger partial charge in [-0.2, -0.15) is 0 Å². The second-order valence-electron chi connectivity index (χ2n) is 14.1. The topological polar surface area (TPSA) is 71.5 Å². The summed E-state index contributed by atoms with van der Waals surface area (Å²) in [7, 11) is 0. The van der Waals surface area contributed by atoms with E-state index >= 15 is 0 Å². The van der Waals surface area contributed by atoms with Crippen LogP contribution in [-0.2, 0) is 0 Å². The van der Waals surface area contributed by atoms with Crippen molar-refractivity contribution in [3.63, 3.8) is 0 Å². The van der Waals surface area contributed by atoms with Gasteiger partial charge in [-0.3, -0.25) is 24.1 Å². The summed E-state index contributed by atoms with van der Waals surface area (Å²) in [6.07, 6.45) is 15.0. The average molecular weight is 786 g/mol. The van der Waals surface area contributed by atoms with Gasteiger partial charge in [0.05, 0.1) is 5.92 Å². The van der Waals surface area contributed by atoms with Crippen molar-refractivity contribution in [3.8, 4) is 0 Å². The summed E-state index contributed by atoms with van der Waals surface area (Å²) in [6, 6.07) is 11.5. The number of hydrogen-bond donors (Lipinski definition) is 0. The minimum absolute atomic E-state index is 0.0833. The van der Waals surface area contributed by atoms with Crippen molar-refractivity contribution in [1.29, 1.82) is 0 Å². The number of benzene rings is 5. The standard InChI is InChI=1S/C42H43Br2NO4/c1-3-5-7-9-11-12-14-16-28-39(46)26-19-17-24-36-32(44)23-30-34-27(41(48)45(42(30)49)21-15-13-10-8-6-4-2)20-18-25(38(34)36)35-31(43)22-29(40(28)47)33(26)37(24)35/h17-20,22-23,28H,3-16,21H2,1-2H3. The monoisotopic (exact) mass is 783 g/mol. The van der Waals surface area contributed by atoms with Crippen LogP contribution in [0.2, 0.25) is 0 Å². The normalized spacial score (nSPS) is 16.1. The first-order valence-electron chi connectivity index (χ1n) is 18.3. The molecule has 1 aliphatic carbocycles. The van der Waals surface area contributed by atoms with E-state index in [-0.39, 0.29) is 23.4 Å². The lowest BCUT2D eigenvalue weighted by Gasteiger charge is -2.30. The van der Waals surface area contributed by atoms with Gasteiger partial charge < -0.3 is 0 Å². The summed E-state index contributed by atoms with van der Waals surface area (Å²) in [4.78, 5) is 57.3. The van der Waals surface area contributed by atoms with E-state index in [1.807, 2.05) is 36.4 Å². The quantitative estimate of drug-likeness (QED) is 0.0348. The number of carbonyl (C=O) groups excluding carboxylic acids is 4. The zero-order valence-corrected chi connectivity index (χ0v) is 31.7. The molecule has 49 heavy (non-hydrogen) atoms. The van der Waals surface area contributed by atoms with Gasteiger partial charge in [0.1, 0.15) is 0 Å². The molecule has 0 aromatic heterocycles. The number of carbonyl (C=O) groups is 4. The fourth-order valence-corrected chi connectivity index (χ4v) is 9.74. The molecule has 254 valence electrons. The molecule has 0 fully saturated rings. The maximum Gasteiger partial charge on any atom is 0.261 e. The van der Waals surface area contributed by atoms with Gasteiger partial charge in [-0.05, 0) is 41.8 Å². The number of ketones is 2. The van der Waals surface area contributed by atoms with Crippen LogP contribution in [0.4, 0.5) is 0 Å². The molecule has 7 heteroatoms.